The van der Waals surface area contributed by atoms with Gasteiger partial charge in [-0.2, -0.15) is 0 Å². The Hall–Kier alpha value is -2.29. The summed E-state index contributed by atoms with van der Waals surface area (Å²) < 4.78 is 5.74. The van der Waals surface area contributed by atoms with Gasteiger partial charge in [0, 0.05) is 6.54 Å². The van der Waals surface area contributed by atoms with Crippen LogP contribution in [0.25, 0.3) is 0 Å². The molecule has 2 aromatic carbocycles. The summed E-state index contributed by atoms with van der Waals surface area (Å²) >= 11 is 0. The summed E-state index contributed by atoms with van der Waals surface area (Å²) in [6, 6.07) is 14.1. The summed E-state index contributed by atoms with van der Waals surface area (Å²) in [5, 5.41) is 2.91. The predicted octanol–water partition coefficient (Wildman–Crippen LogP) is 3.70. The molecule has 0 saturated carbocycles. The van der Waals surface area contributed by atoms with Gasteiger partial charge < -0.3 is 10.1 Å². The molecule has 2 rings (SSSR count). The van der Waals surface area contributed by atoms with Crippen molar-refractivity contribution in [2.75, 3.05) is 0 Å². The number of nitrogens with one attached hydrogen (secondary N) is 1. The van der Waals surface area contributed by atoms with Crippen LogP contribution < -0.4 is 10.1 Å². The van der Waals surface area contributed by atoms with Gasteiger partial charge in [0.05, 0.1) is 0 Å². The van der Waals surface area contributed by atoms with Gasteiger partial charge in [-0.05, 0) is 56.5 Å². The van der Waals surface area contributed by atoms with Gasteiger partial charge in [-0.25, -0.2) is 0 Å². The van der Waals surface area contributed by atoms with E-state index in [2.05, 4.69) is 17.4 Å². The highest BCUT2D eigenvalue weighted by molar-refractivity contribution is 5.80. The third kappa shape index (κ3) is 4.62. The standard InChI is InChI=1S/C19H23NO2/c1-13-6-5-7-17(9-13)12-20-19(21)16(4)22-18-10-14(2)8-15(3)11-18/h5-11,16H,12H2,1-4H3,(H,20,21)/t16-/m1/s1. The molecule has 0 aliphatic carbocycles. The lowest BCUT2D eigenvalue weighted by Crippen LogP contribution is -2.35. The smallest absolute Gasteiger partial charge is 0.261 e. The third-order valence-electron chi connectivity index (χ3n) is 3.43. The van der Waals surface area contributed by atoms with Gasteiger partial charge in [-0.3, -0.25) is 4.79 Å². The normalized spacial score (nSPS) is 11.8. The molecule has 2 aromatic rings. The van der Waals surface area contributed by atoms with E-state index in [-0.39, 0.29) is 5.91 Å². The number of benzene rings is 2. The van der Waals surface area contributed by atoms with Crippen molar-refractivity contribution in [3.8, 4) is 5.75 Å². The average molecular weight is 297 g/mol. The van der Waals surface area contributed by atoms with Crippen LogP contribution in [0.15, 0.2) is 42.5 Å². The first-order valence-corrected chi connectivity index (χ1v) is 7.52. The maximum absolute atomic E-state index is 12.1. The topological polar surface area (TPSA) is 38.3 Å². The van der Waals surface area contributed by atoms with E-state index in [0.29, 0.717) is 6.54 Å². The number of amides is 1. The predicted molar refractivity (Wildman–Crippen MR) is 89.0 cm³/mol. The van der Waals surface area contributed by atoms with E-state index in [0.717, 1.165) is 22.4 Å². The van der Waals surface area contributed by atoms with E-state index < -0.39 is 6.10 Å². The van der Waals surface area contributed by atoms with Crippen molar-refractivity contribution in [1.82, 2.24) is 5.32 Å². The van der Waals surface area contributed by atoms with Gasteiger partial charge in [-0.1, -0.05) is 35.9 Å². The molecule has 1 amide bonds. The summed E-state index contributed by atoms with van der Waals surface area (Å²) in [4.78, 5) is 12.1. The largest absolute Gasteiger partial charge is 0.481 e. The summed E-state index contributed by atoms with van der Waals surface area (Å²) in [6.07, 6.45) is -0.522. The van der Waals surface area contributed by atoms with Crippen molar-refractivity contribution in [1.29, 1.82) is 0 Å². The SMILES string of the molecule is Cc1cccc(CNC(=O)[C@@H](C)Oc2cc(C)cc(C)c2)c1. The third-order valence-corrected chi connectivity index (χ3v) is 3.43. The van der Waals surface area contributed by atoms with Crippen molar-refractivity contribution < 1.29 is 9.53 Å². The lowest BCUT2D eigenvalue weighted by atomic mass is 10.1. The van der Waals surface area contributed by atoms with E-state index in [1.165, 1.54) is 5.56 Å². The van der Waals surface area contributed by atoms with Crippen LogP contribution in [-0.2, 0) is 11.3 Å². The van der Waals surface area contributed by atoms with Gasteiger partial charge in [0.25, 0.3) is 5.91 Å². The highest BCUT2D eigenvalue weighted by Crippen LogP contribution is 2.17. The lowest BCUT2D eigenvalue weighted by Gasteiger charge is -2.16. The molecule has 0 heterocycles. The fourth-order valence-electron chi connectivity index (χ4n) is 2.41. The van der Waals surface area contributed by atoms with E-state index in [1.54, 1.807) is 6.92 Å². The fraction of sp³-hybridized carbons (Fsp3) is 0.316. The number of carbonyl (C=O) groups excluding carboxylic acids is 1. The summed E-state index contributed by atoms with van der Waals surface area (Å²) in [5.74, 6) is 0.622. The minimum Gasteiger partial charge on any atom is -0.481 e. The second kappa shape index (κ2) is 7.12. The quantitative estimate of drug-likeness (QED) is 0.914. The Labute approximate surface area is 132 Å². The highest BCUT2D eigenvalue weighted by atomic mass is 16.5. The molecule has 1 atom stereocenters. The first kappa shape index (κ1) is 16.1. The molecule has 3 heteroatoms. The van der Waals surface area contributed by atoms with Crippen molar-refractivity contribution in [2.45, 2.75) is 40.3 Å². The molecular formula is C19H23NO2. The maximum Gasteiger partial charge on any atom is 0.261 e. The molecule has 3 nitrogen and oxygen atoms in total. The van der Waals surface area contributed by atoms with Crippen molar-refractivity contribution in [3.05, 3.63) is 64.7 Å². The van der Waals surface area contributed by atoms with Crippen LogP contribution in [0, 0.1) is 20.8 Å². The van der Waals surface area contributed by atoms with Crippen LogP contribution in [0.2, 0.25) is 0 Å². The molecule has 0 spiro atoms. The second-order valence-electron chi connectivity index (χ2n) is 5.79. The van der Waals surface area contributed by atoms with Crippen LogP contribution in [0.3, 0.4) is 0 Å². The molecule has 116 valence electrons. The molecule has 0 aliphatic rings. The Morgan fingerprint density at radius 3 is 2.36 bits per heavy atom. The minimum atomic E-state index is -0.522. The zero-order chi connectivity index (χ0) is 16.1. The Bertz CT molecular complexity index is 644. The minimum absolute atomic E-state index is 0.110. The summed E-state index contributed by atoms with van der Waals surface area (Å²) in [5.41, 5.74) is 4.53. The zero-order valence-corrected chi connectivity index (χ0v) is 13.6. The average Bonchev–Trinajstić information content (AvgIpc) is 2.43. The van der Waals surface area contributed by atoms with Crippen LogP contribution >= 0.6 is 0 Å². The van der Waals surface area contributed by atoms with Gasteiger partial charge in [-0.15, -0.1) is 0 Å². The molecule has 22 heavy (non-hydrogen) atoms. The number of hydrogen-bond donors (Lipinski definition) is 1. The van der Waals surface area contributed by atoms with Crippen LogP contribution in [0.1, 0.15) is 29.2 Å². The monoisotopic (exact) mass is 297 g/mol. The molecule has 0 radical (unpaired) electrons. The maximum atomic E-state index is 12.1. The number of carbonyl (C=O) groups is 1. The number of hydrogen-bond acceptors (Lipinski definition) is 2. The van der Waals surface area contributed by atoms with Crippen LogP contribution in [-0.4, -0.2) is 12.0 Å². The van der Waals surface area contributed by atoms with Gasteiger partial charge >= 0.3 is 0 Å². The Morgan fingerprint density at radius 1 is 1.05 bits per heavy atom. The van der Waals surface area contributed by atoms with Crippen molar-refractivity contribution in [3.63, 3.8) is 0 Å². The summed E-state index contributed by atoms with van der Waals surface area (Å²) in [6.45, 7) is 8.35. The van der Waals surface area contributed by atoms with Gasteiger partial charge in [0.1, 0.15) is 5.75 Å². The molecule has 0 aliphatic heterocycles. The molecule has 0 fully saturated rings. The van der Waals surface area contributed by atoms with E-state index in [9.17, 15) is 4.79 Å². The molecule has 1 N–H and O–H groups in total. The molecule has 0 saturated heterocycles. The first-order valence-electron chi connectivity index (χ1n) is 7.52. The molecule has 0 bridgehead atoms. The summed E-state index contributed by atoms with van der Waals surface area (Å²) in [7, 11) is 0. The fourth-order valence-corrected chi connectivity index (χ4v) is 2.41. The van der Waals surface area contributed by atoms with Gasteiger partial charge in [0.2, 0.25) is 0 Å². The van der Waals surface area contributed by atoms with E-state index >= 15 is 0 Å². The Kier molecular flexibility index (Phi) is 5.21. The number of ether oxygens (including phenoxy) is 1. The van der Waals surface area contributed by atoms with Crippen molar-refractivity contribution >= 4 is 5.91 Å². The Balaban J connectivity index is 1.91. The van der Waals surface area contributed by atoms with Gasteiger partial charge in [0.15, 0.2) is 6.10 Å². The van der Waals surface area contributed by atoms with Crippen molar-refractivity contribution in [2.24, 2.45) is 0 Å². The highest BCUT2D eigenvalue weighted by Gasteiger charge is 2.14. The zero-order valence-electron chi connectivity index (χ0n) is 13.6. The number of rotatable bonds is 5. The molecule has 0 unspecified atom stereocenters. The van der Waals surface area contributed by atoms with E-state index in [4.69, 9.17) is 4.74 Å². The number of aryl methyl sites for hydroxylation is 3. The molecular weight excluding hydrogens is 274 g/mol. The second-order valence-corrected chi connectivity index (χ2v) is 5.79. The van der Waals surface area contributed by atoms with E-state index in [1.807, 2.05) is 51.1 Å². The van der Waals surface area contributed by atoms with Crippen LogP contribution in [0.5, 0.6) is 5.75 Å². The molecule has 0 aromatic heterocycles. The first-order chi connectivity index (χ1) is 10.4. The lowest BCUT2D eigenvalue weighted by molar-refractivity contribution is -0.127. The Morgan fingerprint density at radius 2 is 1.73 bits per heavy atom. The van der Waals surface area contributed by atoms with Crippen LogP contribution in [0.4, 0.5) is 0 Å².